The first-order chi connectivity index (χ1) is 12.2. The molecule has 0 spiro atoms. The summed E-state index contributed by atoms with van der Waals surface area (Å²) >= 11 is 6.12. The molecule has 0 bridgehead atoms. The van der Waals surface area contributed by atoms with Crippen molar-refractivity contribution in [3.05, 3.63) is 65.0 Å². The van der Waals surface area contributed by atoms with Crippen molar-refractivity contribution in [3.8, 4) is 17.1 Å². The number of nitrogens with zero attached hydrogens (tertiary/aromatic N) is 2. The van der Waals surface area contributed by atoms with E-state index in [1.807, 2.05) is 18.2 Å². The molecule has 0 saturated heterocycles. The van der Waals surface area contributed by atoms with E-state index in [2.05, 4.69) is 15.5 Å². The number of methoxy groups -OCH3 is 1. The number of hydrogen-bond acceptors (Lipinski definition) is 5. The van der Waals surface area contributed by atoms with Crippen molar-refractivity contribution >= 4 is 17.5 Å². The van der Waals surface area contributed by atoms with E-state index in [0.717, 1.165) is 0 Å². The summed E-state index contributed by atoms with van der Waals surface area (Å²) in [5, 5.41) is 7.29. The van der Waals surface area contributed by atoms with Gasteiger partial charge in [0.25, 0.3) is 5.91 Å². The second-order valence-electron chi connectivity index (χ2n) is 5.23. The maximum atomic E-state index is 12.1. The number of benzene rings is 2. The molecule has 0 unspecified atom stereocenters. The van der Waals surface area contributed by atoms with Crippen LogP contribution in [0.4, 0.5) is 0 Å². The fourth-order valence-electron chi connectivity index (χ4n) is 2.26. The number of ether oxygens (including phenoxy) is 1. The summed E-state index contributed by atoms with van der Waals surface area (Å²) in [6, 6.07) is 14.2. The lowest BCUT2D eigenvalue weighted by molar-refractivity contribution is 0.0953. The third kappa shape index (κ3) is 4.16. The van der Waals surface area contributed by atoms with Gasteiger partial charge in [-0.1, -0.05) is 35.0 Å². The largest absolute Gasteiger partial charge is 0.497 e. The van der Waals surface area contributed by atoms with Crippen molar-refractivity contribution in [2.75, 3.05) is 13.7 Å². The lowest BCUT2D eigenvalue weighted by Crippen LogP contribution is -2.25. The molecule has 3 rings (SSSR count). The standard InChI is InChI=1S/C18H16ClN3O3/c1-24-13-6-4-5-12(11-13)18(23)20-10-9-16-21-17(22-25-16)14-7-2-3-8-15(14)19/h2-8,11H,9-10H2,1H3,(H,20,23). The average Bonchev–Trinajstić information content (AvgIpc) is 3.10. The first-order valence-electron chi connectivity index (χ1n) is 7.67. The van der Waals surface area contributed by atoms with E-state index in [4.69, 9.17) is 20.9 Å². The highest BCUT2D eigenvalue weighted by atomic mass is 35.5. The zero-order valence-corrected chi connectivity index (χ0v) is 14.3. The van der Waals surface area contributed by atoms with Gasteiger partial charge in [-0.2, -0.15) is 4.98 Å². The molecule has 0 aliphatic carbocycles. The third-order valence-corrected chi connectivity index (χ3v) is 3.87. The van der Waals surface area contributed by atoms with Crippen molar-refractivity contribution in [2.24, 2.45) is 0 Å². The minimum absolute atomic E-state index is 0.190. The summed E-state index contributed by atoms with van der Waals surface area (Å²) in [5.41, 5.74) is 1.24. The SMILES string of the molecule is COc1cccc(C(=O)NCCc2nc(-c3ccccc3Cl)no2)c1. The molecule has 1 heterocycles. The number of carbonyl (C=O) groups is 1. The van der Waals surface area contributed by atoms with Crippen LogP contribution in [-0.4, -0.2) is 29.7 Å². The van der Waals surface area contributed by atoms with Gasteiger partial charge in [0.05, 0.1) is 12.1 Å². The Balaban J connectivity index is 1.57. The molecule has 3 aromatic rings. The highest BCUT2D eigenvalue weighted by molar-refractivity contribution is 6.33. The number of nitrogens with one attached hydrogen (secondary N) is 1. The molecule has 1 N–H and O–H groups in total. The quantitative estimate of drug-likeness (QED) is 0.731. The van der Waals surface area contributed by atoms with Crippen LogP contribution in [-0.2, 0) is 6.42 Å². The zero-order chi connectivity index (χ0) is 17.6. The van der Waals surface area contributed by atoms with Crippen LogP contribution in [0.3, 0.4) is 0 Å². The Morgan fingerprint density at radius 3 is 2.88 bits per heavy atom. The van der Waals surface area contributed by atoms with Gasteiger partial charge >= 0.3 is 0 Å². The molecule has 0 aliphatic rings. The van der Waals surface area contributed by atoms with E-state index in [-0.39, 0.29) is 5.91 Å². The first-order valence-corrected chi connectivity index (χ1v) is 8.05. The van der Waals surface area contributed by atoms with Gasteiger partial charge < -0.3 is 14.6 Å². The van der Waals surface area contributed by atoms with Crippen LogP contribution in [0, 0.1) is 0 Å². The van der Waals surface area contributed by atoms with Gasteiger partial charge in [-0.05, 0) is 30.3 Å². The van der Waals surface area contributed by atoms with E-state index >= 15 is 0 Å². The fourth-order valence-corrected chi connectivity index (χ4v) is 2.48. The van der Waals surface area contributed by atoms with Crippen molar-refractivity contribution in [2.45, 2.75) is 6.42 Å². The number of carbonyl (C=O) groups excluding carboxylic acids is 1. The molecule has 128 valence electrons. The first kappa shape index (κ1) is 17.0. The van der Waals surface area contributed by atoms with Gasteiger partial charge in [0.2, 0.25) is 11.7 Å². The van der Waals surface area contributed by atoms with Gasteiger partial charge in [0.15, 0.2) is 0 Å². The maximum absolute atomic E-state index is 12.1. The summed E-state index contributed by atoms with van der Waals surface area (Å²) in [6.45, 7) is 0.375. The van der Waals surface area contributed by atoms with Crippen molar-refractivity contribution in [3.63, 3.8) is 0 Å². The molecule has 0 saturated carbocycles. The second-order valence-corrected chi connectivity index (χ2v) is 5.64. The summed E-state index contributed by atoms with van der Waals surface area (Å²) in [6.07, 6.45) is 0.424. The monoisotopic (exact) mass is 357 g/mol. The molecule has 0 aliphatic heterocycles. The zero-order valence-electron chi connectivity index (χ0n) is 13.5. The van der Waals surface area contributed by atoms with Crippen LogP contribution in [0.1, 0.15) is 16.2 Å². The van der Waals surface area contributed by atoms with E-state index in [9.17, 15) is 4.79 Å². The Morgan fingerprint density at radius 2 is 2.08 bits per heavy atom. The van der Waals surface area contributed by atoms with Crippen LogP contribution >= 0.6 is 11.6 Å². The molecule has 1 aromatic heterocycles. The smallest absolute Gasteiger partial charge is 0.251 e. The topological polar surface area (TPSA) is 77.2 Å². The van der Waals surface area contributed by atoms with E-state index in [0.29, 0.717) is 46.6 Å². The summed E-state index contributed by atoms with van der Waals surface area (Å²) in [7, 11) is 1.56. The van der Waals surface area contributed by atoms with Gasteiger partial charge in [0.1, 0.15) is 5.75 Å². The maximum Gasteiger partial charge on any atom is 0.251 e. The van der Waals surface area contributed by atoms with E-state index < -0.39 is 0 Å². The second kappa shape index (κ2) is 7.81. The molecule has 2 aromatic carbocycles. The van der Waals surface area contributed by atoms with Crippen LogP contribution < -0.4 is 10.1 Å². The molecule has 0 fully saturated rings. The van der Waals surface area contributed by atoms with E-state index in [1.165, 1.54) is 0 Å². The number of amides is 1. The van der Waals surface area contributed by atoms with Crippen LogP contribution in [0.25, 0.3) is 11.4 Å². The summed E-state index contributed by atoms with van der Waals surface area (Å²) < 4.78 is 10.3. The molecule has 7 heteroatoms. The lowest BCUT2D eigenvalue weighted by atomic mass is 10.2. The number of halogens is 1. The molecule has 1 amide bonds. The predicted molar refractivity (Wildman–Crippen MR) is 93.8 cm³/mol. The molecular formula is C18H16ClN3O3. The van der Waals surface area contributed by atoms with Crippen molar-refractivity contribution in [1.82, 2.24) is 15.5 Å². The fraction of sp³-hybridized carbons (Fsp3) is 0.167. The predicted octanol–water partition coefficient (Wildman–Crippen LogP) is 3.37. The Bertz CT molecular complexity index is 879. The number of rotatable bonds is 6. The Labute approximate surface area is 149 Å². The summed E-state index contributed by atoms with van der Waals surface area (Å²) in [5.74, 6) is 1.30. The Morgan fingerprint density at radius 1 is 1.24 bits per heavy atom. The minimum atomic E-state index is -0.190. The Kier molecular flexibility index (Phi) is 5.30. The highest BCUT2D eigenvalue weighted by Gasteiger charge is 2.12. The Hall–Kier alpha value is -2.86. The summed E-state index contributed by atoms with van der Waals surface area (Å²) in [4.78, 5) is 16.4. The lowest BCUT2D eigenvalue weighted by Gasteiger charge is -2.05. The molecule has 0 atom stereocenters. The molecular weight excluding hydrogens is 342 g/mol. The molecule has 0 radical (unpaired) electrons. The molecule has 25 heavy (non-hydrogen) atoms. The van der Waals surface area contributed by atoms with Gasteiger partial charge in [-0.15, -0.1) is 0 Å². The minimum Gasteiger partial charge on any atom is -0.497 e. The average molecular weight is 358 g/mol. The van der Waals surface area contributed by atoms with Crippen LogP contribution in [0.5, 0.6) is 5.75 Å². The molecule has 6 nitrogen and oxygen atoms in total. The van der Waals surface area contributed by atoms with E-state index in [1.54, 1.807) is 37.4 Å². The highest BCUT2D eigenvalue weighted by Crippen LogP contribution is 2.24. The van der Waals surface area contributed by atoms with Gasteiger partial charge in [-0.3, -0.25) is 4.79 Å². The number of hydrogen-bond donors (Lipinski definition) is 1. The van der Waals surface area contributed by atoms with Crippen molar-refractivity contribution in [1.29, 1.82) is 0 Å². The van der Waals surface area contributed by atoms with Gasteiger partial charge in [-0.25, -0.2) is 0 Å². The van der Waals surface area contributed by atoms with Gasteiger partial charge in [0, 0.05) is 24.1 Å². The normalized spacial score (nSPS) is 10.5. The van der Waals surface area contributed by atoms with Crippen molar-refractivity contribution < 1.29 is 14.1 Å². The van der Waals surface area contributed by atoms with Crippen LogP contribution in [0.15, 0.2) is 53.1 Å². The van der Waals surface area contributed by atoms with Crippen LogP contribution in [0.2, 0.25) is 5.02 Å². The third-order valence-electron chi connectivity index (χ3n) is 3.54. The number of aromatic nitrogens is 2.